The van der Waals surface area contributed by atoms with Crippen LogP contribution < -0.4 is 10.1 Å². The highest BCUT2D eigenvalue weighted by Gasteiger charge is 2.37. The predicted octanol–water partition coefficient (Wildman–Crippen LogP) is 3.21. The molecule has 0 aromatic heterocycles. The number of benzene rings is 2. The summed E-state index contributed by atoms with van der Waals surface area (Å²) < 4.78 is 5.16. The predicted molar refractivity (Wildman–Crippen MR) is 82.1 cm³/mol. The Morgan fingerprint density at radius 2 is 2.05 bits per heavy atom. The molecule has 2 unspecified atom stereocenters. The molecular formula is C18H18N2O. The quantitative estimate of drug-likeness (QED) is 0.913. The smallest absolute Gasteiger partial charge is 0.136 e. The van der Waals surface area contributed by atoms with Crippen LogP contribution in [0, 0.1) is 11.3 Å². The standard InChI is InChI=1S/C18H18N2O/c1-21-18-8-7-13(9-15(18)11-19)12-20-17-10-16(17)14-5-3-2-4-6-14/h2-9,16-17,20H,10,12H2,1H3. The minimum Gasteiger partial charge on any atom is -0.495 e. The van der Waals surface area contributed by atoms with E-state index in [0.717, 1.165) is 12.1 Å². The van der Waals surface area contributed by atoms with Crippen LogP contribution in [0.15, 0.2) is 48.5 Å². The zero-order valence-electron chi connectivity index (χ0n) is 12.0. The van der Waals surface area contributed by atoms with Crippen LogP contribution >= 0.6 is 0 Å². The van der Waals surface area contributed by atoms with Gasteiger partial charge in [-0.05, 0) is 29.7 Å². The Morgan fingerprint density at radius 3 is 2.76 bits per heavy atom. The summed E-state index contributed by atoms with van der Waals surface area (Å²) in [5.41, 5.74) is 3.11. The first kappa shape index (κ1) is 13.7. The number of methoxy groups -OCH3 is 1. The van der Waals surface area contributed by atoms with Gasteiger partial charge in [-0.15, -0.1) is 0 Å². The van der Waals surface area contributed by atoms with Crippen molar-refractivity contribution in [1.29, 1.82) is 5.26 Å². The van der Waals surface area contributed by atoms with E-state index in [-0.39, 0.29) is 0 Å². The van der Waals surface area contributed by atoms with Crippen molar-refractivity contribution in [2.75, 3.05) is 7.11 Å². The van der Waals surface area contributed by atoms with E-state index in [0.29, 0.717) is 23.3 Å². The molecular weight excluding hydrogens is 260 g/mol. The lowest BCUT2D eigenvalue weighted by Gasteiger charge is -2.07. The summed E-state index contributed by atoms with van der Waals surface area (Å²) in [7, 11) is 1.59. The second kappa shape index (κ2) is 5.99. The molecule has 2 atom stereocenters. The molecule has 0 spiro atoms. The van der Waals surface area contributed by atoms with E-state index < -0.39 is 0 Å². The highest BCUT2D eigenvalue weighted by atomic mass is 16.5. The van der Waals surface area contributed by atoms with E-state index >= 15 is 0 Å². The molecule has 1 saturated carbocycles. The minimum atomic E-state index is 0.542. The van der Waals surface area contributed by atoms with Crippen LogP contribution in [0.4, 0.5) is 0 Å². The topological polar surface area (TPSA) is 45.0 Å². The Bertz CT molecular complexity index is 661. The van der Waals surface area contributed by atoms with Crippen molar-refractivity contribution in [2.24, 2.45) is 0 Å². The number of hydrogen-bond donors (Lipinski definition) is 1. The third-order valence-corrected chi connectivity index (χ3v) is 3.97. The van der Waals surface area contributed by atoms with Gasteiger partial charge in [-0.2, -0.15) is 5.26 Å². The van der Waals surface area contributed by atoms with E-state index in [2.05, 4.69) is 41.7 Å². The van der Waals surface area contributed by atoms with E-state index in [1.165, 1.54) is 12.0 Å². The number of rotatable bonds is 5. The lowest BCUT2D eigenvalue weighted by atomic mass is 10.1. The summed E-state index contributed by atoms with van der Waals surface area (Å²) in [4.78, 5) is 0. The maximum atomic E-state index is 9.10. The summed E-state index contributed by atoms with van der Waals surface area (Å²) in [5, 5.41) is 12.7. The molecule has 1 fully saturated rings. The molecule has 3 rings (SSSR count). The van der Waals surface area contributed by atoms with Gasteiger partial charge in [0.05, 0.1) is 12.7 Å². The highest BCUT2D eigenvalue weighted by Crippen LogP contribution is 2.40. The Morgan fingerprint density at radius 1 is 1.24 bits per heavy atom. The Hall–Kier alpha value is -2.31. The zero-order chi connectivity index (χ0) is 14.7. The van der Waals surface area contributed by atoms with E-state index in [1.807, 2.05) is 18.2 Å². The number of hydrogen-bond acceptors (Lipinski definition) is 3. The van der Waals surface area contributed by atoms with Crippen LogP contribution in [0.2, 0.25) is 0 Å². The van der Waals surface area contributed by atoms with Crippen molar-refractivity contribution >= 4 is 0 Å². The van der Waals surface area contributed by atoms with Gasteiger partial charge < -0.3 is 10.1 Å². The van der Waals surface area contributed by atoms with Crippen molar-refractivity contribution in [3.8, 4) is 11.8 Å². The molecule has 3 nitrogen and oxygen atoms in total. The van der Waals surface area contributed by atoms with Crippen molar-refractivity contribution in [2.45, 2.75) is 24.9 Å². The SMILES string of the molecule is COc1ccc(CNC2CC2c2ccccc2)cc1C#N. The van der Waals surface area contributed by atoms with Crippen LogP contribution in [-0.2, 0) is 6.54 Å². The number of nitrogens with one attached hydrogen (secondary N) is 1. The van der Waals surface area contributed by atoms with Crippen LogP contribution in [-0.4, -0.2) is 13.2 Å². The van der Waals surface area contributed by atoms with Gasteiger partial charge in [0, 0.05) is 18.5 Å². The van der Waals surface area contributed by atoms with Crippen molar-refractivity contribution < 1.29 is 4.74 Å². The molecule has 2 aromatic rings. The largest absolute Gasteiger partial charge is 0.495 e. The van der Waals surface area contributed by atoms with Gasteiger partial charge in [0.2, 0.25) is 0 Å². The van der Waals surface area contributed by atoms with Crippen molar-refractivity contribution in [1.82, 2.24) is 5.32 Å². The van der Waals surface area contributed by atoms with Crippen LogP contribution in [0.5, 0.6) is 5.75 Å². The molecule has 0 amide bonds. The average Bonchev–Trinajstić information content (AvgIpc) is 3.33. The minimum absolute atomic E-state index is 0.542. The normalized spacial score (nSPS) is 19.8. The van der Waals surface area contributed by atoms with E-state index in [4.69, 9.17) is 10.00 Å². The van der Waals surface area contributed by atoms with Gasteiger partial charge in [0.1, 0.15) is 11.8 Å². The molecule has 2 aromatic carbocycles. The summed E-state index contributed by atoms with van der Waals surface area (Å²) in [6, 6.07) is 19.1. The van der Waals surface area contributed by atoms with Gasteiger partial charge in [0.25, 0.3) is 0 Å². The van der Waals surface area contributed by atoms with Gasteiger partial charge in [-0.1, -0.05) is 36.4 Å². The average molecular weight is 278 g/mol. The molecule has 1 aliphatic rings. The Balaban J connectivity index is 1.59. The molecule has 0 heterocycles. The van der Waals surface area contributed by atoms with Crippen molar-refractivity contribution in [3.05, 3.63) is 65.2 Å². The van der Waals surface area contributed by atoms with Crippen LogP contribution in [0.1, 0.15) is 29.0 Å². The lowest BCUT2D eigenvalue weighted by Crippen LogP contribution is -2.17. The highest BCUT2D eigenvalue weighted by molar-refractivity contribution is 5.45. The maximum Gasteiger partial charge on any atom is 0.136 e. The molecule has 0 radical (unpaired) electrons. The van der Waals surface area contributed by atoms with Gasteiger partial charge >= 0.3 is 0 Å². The zero-order valence-corrected chi connectivity index (χ0v) is 12.0. The third-order valence-electron chi connectivity index (χ3n) is 3.97. The first-order valence-electron chi connectivity index (χ1n) is 7.17. The molecule has 21 heavy (non-hydrogen) atoms. The lowest BCUT2D eigenvalue weighted by molar-refractivity contribution is 0.413. The monoisotopic (exact) mass is 278 g/mol. The second-order valence-electron chi connectivity index (χ2n) is 5.39. The molecule has 1 N–H and O–H groups in total. The fraction of sp³-hybridized carbons (Fsp3) is 0.278. The molecule has 0 saturated heterocycles. The van der Waals surface area contributed by atoms with E-state index in [9.17, 15) is 0 Å². The molecule has 106 valence electrons. The maximum absolute atomic E-state index is 9.10. The molecule has 0 bridgehead atoms. The number of nitrogens with zero attached hydrogens (tertiary/aromatic N) is 1. The number of nitriles is 1. The molecule has 1 aliphatic carbocycles. The fourth-order valence-corrected chi connectivity index (χ4v) is 2.69. The molecule has 3 heteroatoms. The summed E-state index contributed by atoms with van der Waals surface area (Å²) >= 11 is 0. The second-order valence-corrected chi connectivity index (χ2v) is 5.39. The van der Waals surface area contributed by atoms with Crippen LogP contribution in [0.3, 0.4) is 0 Å². The van der Waals surface area contributed by atoms with Gasteiger partial charge in [-0.25, -0.2) is 0 Å². The summed E-state index contributed by atoms with van der Waals surface area (Å²) in [5.74, 6) is 1.26. The number of ether oxygens (including phenoxy) is 1. The van der Waals surface area contributed by atoms with Gasteiger partial charge in [-0.3, -0.25) is 0 Å². The summed E-state index contributed by atoms with van der Waals surface area (Å²) in [6.45, 7) is 0.784. The first-order valence-corrected chi connectivity index (χ1v) is 7.17. The first-order chi connectivity index (χ1) is 10.3. The Kier molecular flexibility index (Phi) is 3.89. The van der Waals surface area contributed by atoms with E-state index in [1.54, 1.807) is 7.11 Å². The van der Waals surface area contributed by atoms with Crippen molar-refractivity contribution in [3.63, 3.8) is 0 Å². The molecule has 0 aliphatic heterocycles. The third kappa shape index (κ3) is 3.07. The fourth-order valence-electron chi connectivity index (χ4n) is 2.69. The Labute approximate surface area is 125 Å². The summed E-state index contributed by atoms with van der Waals surface area (Å²) in [6.07, 6.45) is 1.19. The van der Waals surface area contributed by atoms with Gasteiger partial charge in [0.15, 0.2) is 0 Å². The van der Waals surface area contributed by atoms with Crippen LogP contribution in [0.25, 0.3) is 0 Å².